The van der Waals surface area contributed by atoms with Gasteiger partial charge < -0.3 is 4.55 Å². The highest BCUT2D eigenvalue weighted by Gasteiger charge is 2.34. The van der Waals surface area contributed by atoms with Crippen LogP contribution in [0.3, 0.4) is 0 Å². The van der Waals surface area contributed by atoms with Crippen LogP contribution in [0.1, 0.15) is 5.01 Å². The summed E-state index contributed by atoms with van der Waals surface area (Å²) in [6, 6.07) is 0. The standard InChI is InChI=1S/C4H2F3NO2S2/c5-4(6,7)3-8-2(1-11-3)12(9)10/h1H,(H,9,10). The lowest BCUT2D eigenvalue weighted by molar-refractivity contribution is -0.137. The van der Waals surface area contributed by atoms with Gasteiger partial charge in [-0.1, -0.05) is 0 Å². The van der Waals surface area contributed by atoms with Crippen molar-refractivity contribution in [1.82, 2.24) is 4.98 Å². The molecule has 0 saturated carbocycles. The van der Waals surface area contributed by atoms with Gasteiger partial charge in [-0.15, -0.1) is 11.3 Å². The highest BCUT2D eigenvalue weighted by molar-refractivity contribution is 7.79. The summed E-state index contributed by atoms with van der Waals surface area (Å²) in [5.74, 6) is 0. The van der Waals surface area contributed by atoms with E-state index in [1.54, 1.807) is 0 Å². The van der Waals surface area contributed by atoms with Crippen molar-refractivity contribution in [3.8, 4) is 0 Å². The first kappa shape index (κ1) is 9.62. The molecule has 0 aliphatic rings. The first-order chi connectivity index (χ1) is 5.41. The topological polar surface area (TPSA) is 50.2 Å². The lowest BCUT2D eigenvalue weighted by Gasteiger charge is -1.98. The molecule has 1 unspecified atom stereocenters. The van der Waals surface area contributed by atoms with Crippen LogP contribution in [0.4, 0.5) is 13.2 Å². The van der Waals surface area contributed by atoms with Crippen molar-refractivity contribution in [3.05, 3.63) is 10.4 Å². The van der Waals surface area contributed by atoms with Crippen LogP contribution in [0.15, 0.2) is 10.4 Å². The maximum Gasteiger partial charge on any atom is 0.443 e. The number of nitrogens with zero attached hydrogens (tertiary/aromatic N) is 1. The zero-order valence-electron chi connectivity index (χ0n) is 5.33. The summed E-state index contributed by atoms with van der Waals surface area (Å²) in [5, 5.41) is -0.675. The van der Waals surface area contributed by atoms with Crippen LogP contribution in [0.25, 0.3) is 0 Å². The Morgan fingerprint density at radius 1 is 1.58 bits per heavy atom. The van der Waals surface area contributed by atoms with Crippen LogP contribution in [0.2, 0.25) is 0 Å². The number of aromatic nitrogens is 1. The van der Waals surface area contributed by atoms with Gasteiger partial charge in [-0.05, 0) is 0 Å². The first-order valence-electron chi connectivity index (χ1n) is 2.55. The molecule has 8 heteroatoms. The average Bonchev–Trinajstić information content (AvgIpc) is 2.30. The second-order valence-corrected chi connectivity index (χ2v) is 3.51. The Morgan fingerprint density at radius 3 is 2.42 bits per heavy atom. The monoisotopic (exact) mass is 217 g/mol. The number of halogens is 3. The zero-order valence-corrected chi connectivity index (χ0v) is 6.96. The van der Waals surface area contributed by atoms with E-state index >= 15 is 0 Å². The van der Waals surface area contributed by atoms with Gasteiger partial charge in [0.05, 0.1) is 0 Å². The highest BCUT2D eigenvalue weighted by atomic mass is 32.2. The molecule has 1 aromatic heterocycles. The number of rotatable bonds is 1. The summed E-state index contributed by atoms with van der Waals surface area (Å²) >= 11 is -2.15. The molecule has 1 rings (SSSR count). The van der Waals surface area contributed by atoms with Crippen LogP contribution in [-0.4, -0.2) is 13.7 Å². The fourth-order valence-corrected chi connectivity index (χ4v) is 1.72. The molecule has 0 aliphatic carbocycles. The van der Waals surface area contributed by atoms with Crippen molar-refractivity contribution in [2.45, 2.75) is 11.2 Å². The molecule has 1 atom stereocenters. The number of thiazole rings is 1. The number of alkyl halides is 3. The summed E-state index contributed by atoms with van der Waals surface area (Å²) in [4.78, 5) is 2.92. The molecule has 0 aromatic carbocycles. The molecule has 0 bridgehead atoms. The lowest BCUT2D eigenvalue weighted by Crippen LogP contribution is -2.04. The first-order valence-corrected chi connectivity index (χ1v) is 4.53. The van der Waals surface area contributed by atoms with Crippen molar-refractivity contribution in [1.29, 1.82) is 0 Å². The summed E-state index contributed by atoms with van der Waals surface area (Å²) in [6.45, 7) is 0. The summed E-state index contributed by atoms with van der Waals surface area (Å²) < 4.78 is 54.1. The normalized spacial score (nSPS) is 14.7. The predicted octanol–water partition coefficient (Wildman–Crippen LogP) is 1.74. The quantitative estimate of drug-likeness (QED) is 0.729. The largest absolute Gasteiger partial charge is 0.443 e. The molecular weight excluding hydrogens is 215 g/mol. The third kappa shape index (κ3) is 2.02. The Labute approximate surface area is 71.5 Å². The van der Waals surface area contributed by atoms with Crippen LogP contribution >= 0.6 is 11.3 Å². The molecule has 0 aliphatic heterocycles. The van der Waals surface area contributed by atoms with E-state index in [4.69, 9.17) is 4.55 Å². The Bertz CT molecular complexity index is 307. The maximum absolute atomic E-state index is 11.8. The highest BCUT2D eigenvalue weighted by Crippen LogP contribution is 2.31. The molecule has 0 fully saturated rings. The van der Waals surface area contributed by atoms with Crippen molar-refractivity contribution in [2.75, 3.05) is 0 Å². The summed E-state index contributed by atoms with van der Waals surface area (Å²) in [5.41, 5.74) is 0. The minimum absolute atomic E-state index is 0.296. The number of hydrogen-bond donors (Lipinski definition) is 1. The Kier molecular flexibility index (Phi) is 2.49. The van der Waals surface area contributed by atoms with E-state index in [9.17, 15) is 17.4 Å². The van der Waals surface area contributed by atoms with Crippen LogP contribution in [0, 0.1) is 0 Å². The van der Waals surface area contributed by atoms with Gasteiger partial charge in [0, 0.05) is 5.38 Å². The third-order valence-corrected chi connectivity index (χ3v) is 2.51. The molecule has 1 heterocycles. The lowest BCUT2D eigenvalue weighted by atomic mass is 10.7. The minimum atomic E-state index is -4.54. The predicted molar refractivity (Wildman–Crippen MR) is 36.2 cm³/mol. The van der Waals surface area contributed by atoms with Gasteiger partial charge in [-0.2, -0.15) is 13.2 Å². The SMILES string of the molecule is O=S(O)c1csc(C(F)(F)F)n1. The van der Waals surface area contributed by atoms with Gasteiger partial charge in [0.2, 0.25) is 11.1 Å². The van der Waals surface area contributed by atoms with Crippen LogP contribution < -0.4 is 0 Å². The molecule has 0 saturated heterocycles. The molecule has 0 amide bonds. The van der Waals surface area contributed by atoms with E-state index in [0.29, 0.717) is 11.3 Å². The molecule has 1 N–H and O–H groups in total. The van der Waals surface area contributed by atoms with Gasteiger partial charge in [0.15, 0.2) is 10.0 Å². The summed E-state index contributed by atoms with van der Waals surface area (Å²) in [7, 11) is 0. The van der Waals surface area contributed by atoms with Crippen molar-refractivity contribution in [3.63, 3.8) is 0 Å². The second kappa shape index (κ2) is 3.11. The van der Waals surface area contributed by atoms with Crippen LogP contribution in [-0.2, 0) is 17.3 Å². The Balaban J connectivity index is 3.00. The Morgan fingerprint density at radius 2 is 2.17 bits per heavy atom. The van der Waals surface area contributed by atoms with Crippen molar-refractivity contribution in [2.24, 2.45) is 0 Å². The smallest absolute Gasteiger partial charge is 0.301 e. The van der Waals surface area contributed by atoms with E-state index in [1.165, 1.54) is 0 Å². The zero-order chi connectivity index (χ0) is 9.35. The van der Waals surface area contributed by atoms with E-state index in [-0.39, 0.29) is 0 Å². The van der Waals surface area contributed by atoms with Crippen LogP contribution in [0.5, 0.6) is 0 Å². The van der Waals surface area contributed by atoms with Gasteiger partial charge in [-0.3, -0.25) is 0 Å². The number of hydrogen-bond acceptors (Lipinski definition) is 3. The Hall–Kier alpha value is -0.470. The average molecular weight is 217 g/mol. The van der Waals surface area contributed by atoms with E-state index in [2.05, 4.69) is 4.98 Å². The van der Waals surface area contributed by atoms with Gasteiger partial charge in [0.1, 0.15) is 0 Å². The summed E-state index contributed by atoms with van der Waals surface area (Å²) in [6.07, 6.45) is -4.54. The maximum atomic E-state index is 11.8. The van der Waals surface area contributed by atoms with Gasteiger partial charge >= 0.3 is 6.18 Å². The van der Waals surface area contributed by atoms with E-state index in [0.717, 1.165) is 5.38 Å². The molecule has 12 heavy (non-hydrogen) atoms. The van der Waals surface area contributed by atoms with Gasteiger partial charge in [-0.25, -0.2) is 9.19 Å². The molecule has 1 aromatic rings. The molecular formula is C4H2F3NO2S2. The molecule has 0 spiro atoms. The fourth-order valence-electron chi connectivity index (χ4n) is 0.469. The van der Waals surface area contributed by atoms with Crippen molar-refractivity contribution >= 4 is 22.4 Å². The van der Waals surface area contributed by atoms with Gasteiger partial charge in [0.25, 0.3) is 0 Å². The van der Waals surface area contributed by atoms with E-state index in [1.807, 2.05) is 0 Å². The fraction of sp³-hybridized carbons (Fsp3) is 0.250. The molecule has 68 valence electrons. The molecule has 3 nitrogen and oxygen atoms in total. The minimum Gasteiger partial charge on any atom is -0.301 e. The second-order valence-electron chi connectivity index (χ2n) is 1.74. The van der Waals surface area contributed by atoms with Crippen molar-refractivity contribution < 1.29 is 21.9 Å². The molecule has 0 radical (unpaired) electrons. The van der Waals surface area contributed by atoms with E-state index < -0.39 is 27.3 Å². The third-order valence-electron chi connectivity index (χ3n) is 0.905.